The van der Waals surface area contributed by atoms with Crippen LogP contribution in [0.5, 0.6) is 0 Å². The molecule has 0 N–H and O–H groups in total. The second-order valence-electron chi connectivity index (χ2n) is 0.926. The van der Waals surface area contributed by atoms with Gasteiger partial charge in [-0.1, -0.05) is 0 Å². The molecule has 0 saturated carbocycles. The summed E-state index contributed by atoms with van der Waals surface area (Å²) < 4.78 is 0.643. The fraction of sp³-hybridized carbons (Fsp3) is 1.00. The Balaban J connectivity index is 0. The van der Waals surface area contributed by atoms with Gasteiger partial charge >= 0.3 is 39.1 Å². The standard InChI is InChI=1S/C3H7.Ag.FH/c1-3-2;;/h3H,1-2H3;;1H. The average Bonchev–Trinajstić information content (AvgIpc) is 0.811. The van der Waals surface area contributed by atoms with Gasteiger partial charge in [-0.25, -0.2) is 0 Å². The molecule has 0 aliphatic heterocycles. The molecule has 0 saturated heterocycles. The first-order valence-electron chi connectivity index (χ1n) is 1.33. The summed E-state index contributed by atoms with van der Waals surface area (Å²) >= 11 is 3.29. The first kappa shape index (κ1) is 9.18. The minimum absolute atomic E-state index is 0. The molecule has 0 bridgehead atoms. The molecule has 0 aliphatic rings. The Hall–Kier alpha value is 0.670. The normalized spacial score (nSPS) is 7.40. The van der Waals surface area contributed by atoms with E-state index in [1.165, 1.54) is 0 Å². The second kappa shape index (κ2) is 4.67. The van der Waals surface area contributed by atoms with Crippen molar-refractivity contribution in [3.8, 4) is 0 Å². The summed E-state index contributed by atoms with van der Waals surface area (Å²) in [7, 11) is 0. The van der Waals surface area contributed by atoms with Crippen molar-refractivity contribution in [1.82, 2.24) is 0 Å². The van der Waals surface area contributed by atoms with E-state index in [0.29, 0.717) is 4.14 Å². The molecule has 0 radical (unpaired) electrons. The molecule has 2 heteroatoms. The van der Waals surface area contributed by atoms with Crippen LogP contribution in [-0.2, 0) is 21.1 Å². The topological polar surface area (TPSA) is 0 Å². The van der Waals surface area contributed by atoms with Gasteiger partial charge < -0.3 is 0 Å². The van der Waals surface area contributed by atoms with Crippen LogP contribution in [0.25, 0.3) is 0 Å². The van der Waals surface area contributed by atoms with Crippen LogP contribution in [0.4, 0.5) is 4.70 Å². The van der Waals surface area contributed by atoms with Gasteiger partial charge in [-0.15, -0.1) is 0 Å². The molecule has 0 spiro atoms. The molecule has 0 atom stereocenters. The molecule has 0 rings (SSSR count). The first-order valence-corrected chi connectivity index (χ1v) is 2.18. The SMILES string of the molecule is C[CH](C)[Ag].F. The first-order chi connectivity index (χ1) is 1.73. The van der Waals surface area contributed by atoms with Crippen LogP contribution in [-0.4, -0.2) is 0 Å². The number of hydrogen-bond acceptors (Lipinski definition) is 0. The summed E-state index contributed by atoms with van der Waals surface area (Å²) in [5, 5.41) is 0. The van der Waals surface area contributed by atoms with Crippen LogP contribution in [0.2, 0.25) is 4.14 Å². The van der Waals surface area contributed by atoms with E-state index in [4.69, 9.17) is 0 Å². The second-order valence-corrected chi connectivity index (χ2v) is 2.64. The van der Waals surface area contributed by atoms with Gasteiger partial charge in [0, 0.05) is 0 Å². The molecule has 0 fully saturated rings. The number of halogens is 1. The van der Waals surface area contributed by atoms with Gasteiger partial charge in [0.15, 0.2) is 0 Å². The molecule has 0 nitrogen and oxygen atoms in total. The van der Waals surface area contributed by atoms with E-state index in [1.54, 1.807) is 0 Å². The molecule has 0 aromatic carbocycles. The zero-order valence-corrected chi connectivity index (χ0v) is 4.77. The fourth-order valence-electron chi connectivity index (χ4n) is 0. The van der Waals surface area contributed by atoms with Crippen LogP contribution in [0.15, 0.2) is 0 Å². The average molecular weight is 171 g/mol. The van der Waals surface area contributed by atoms with Crippen molar-refractivity contribution in [3.63, 3.8) is 0 Å². The third-order valence-electron chi connectivity index (χ3n) is 0. The van der Waals surface area contributed by atoms with Crippen LogP contribution in [0.1, 0.15) is 13.8 Å². The van der Waals surface area contributed by atoms with Gasteiger partial charge in [0.2, 0.25) is 0 Å². The molecule has 0 heterocycles. The van der Waals surface area contributed by atoms with Crippen LogP contribution >= 0.6 is 0 Å². The van der Waals surface area contributed by atoms with Crippen LogP contribution in [0.3, 0.4) is 0 Å². The molecule has 5 heavy (non-hydrogen) atoms. The van der Waals surface area contributed by atoms with Gasteiger partial charge in [-0.05, 0) is 0 Å². The Morgan fingerprint density at radius 2 is 1.40 bits per heavy atom. The predicted octanol–water partition coefficient (Wildman–Crippen LogP) is 1.51. The molecule has 0 amide bonds. The smallest absolute Gasteiger partial charge is 0.269 e. The zero-order chi connectivity index (χ0) is 3.58. The Kier molecular flexibility index (Phi) is 8.58. The Morgan fingerprint density at radius 1 is 1.40 bits per heavy atom. The summed E-state index contributed by atoms with van der Waals surface area (Å²) in [4.78, 5) is 0. The van der Waals surface area contributed by atoms with E-state index < -0.39 is 0 Å². The van der Waals surface area contributed by atoms with E-state index in [-0.39, 0.29) is 4.70 Å². The van der Waals surface area contributed by atoms with Crippen molar-refractivity contribution in [1.29, 1.82) is 0 Å². The maximum Gasteiger partial charge on any atom is -0.269 e. The van der Waals surface area contributed by atoms with Crippen molar-refractivity contribution < 1.29 is 25.8 Å². The summed E-state index contributed by atoms with van der Waals surface area (Å²) in [6.45, 7) is 4.16. The van der Waals surface area contributed by atoms with Crippen molar-refractivity contribution >= 4 is 0 Å². The zero-order valence-electron chi connectivity index (χ0n) is 3.29. The third kappa shape index (κ3) is 74.1. The van der Waals surface area contributed by atoms with Gasteiger partial charge in [-0.3, -0.25) is 4.70 Å². The monoisotopic (exact) mass is 170 g/mol. The van der Waals surface area contributed by atoms with E-state index in [9.17, 15) is 0 Å². The van der Waals surface area contributed by atoms with E-state index in [1.807, 2.05) is 0 Å². The minimum Gasteiger partial charge on any atom is -0.269 e. The maximum atomic E-state index is 3.29. The van der Waals surface area contributed by atoms with Gasteiger partial charge in [0.1, 0.15) is 0 Å². The molecule has 0 aromatic heterocycles. The molecule has 38 valence electrons. The van der Waals surface area contributed by atoms with Crippen molar-refractivity contribution in [2.75, 3.05) is 0 Å². The summed E-state index contributed by atoms with van der Waals surface area (Å²) in [6.07, 6.45) is 0. The van der Waals surface area contributed by atoms with E-state index >= 15 is 0 Å². The molecule has 0 aromatic rings. The fourth-order valence-corrected chi connectivity index (χ4v) is 0. The van der Waals surface area contributed by atoms with Gasteiger partial charge in [0.25, 0.3) is 0 Å². The van der Waals surface area contributed by atoms with E-state index in [2.05, 4.69) is 34.9 Å². The van der Waals surface area contributed by atoms with Crippen LogP contribution in [0, 0.1) is 0 Å². The molecule has 0 aliphatic carbocycles. The van der Waals surface area contributed by atoms with Gasteiger partial charge in [0.05, 0.1) is 0 Å². The number of rotatable bonds is 0. The Bertz CT molecular complexity index is 11.6. The Labute approximate surface area is 44.2 Å². The predicted molar refractivity (Wildman–Crippen MR) is 17.6 cm³/mol. The van der Waals surface area contributed by atoms with Crippen molar-refractivity contribution in [2.45, 2.75) is 18.0 Å². The quantitative estimate of drug-likeness (QED) is 0.484. The Morgan fingerprint density at radius 3 is 1.40 bits per heavy atom. The summed E-state index contributed by atoms with van der Waals surface area (Å²) in [6, 6.07) is 0. The summed E-state index contributed by atoms with van der Waals surface area (Å²) in [5.41, 5.74) is 0. The van der Waals surface area contributed by atoms with Crippen molar-refractivity contribution in [3.05, 3.63) is 0 Å². The molecule has 0 unspecified atom stereocenters. The largest absolute Gasteiger partial charge is 0.269 e. The van der Waals surface area contributed by atoms with E-state index in [0.717, 1.165) is 0 Å². The number of hydrogen-bond donors (Lipinski definition) is 0. The van der Waals surface area contributed by atoms with Gasteiger partial charge in [-0.2, -0.15) is 0 Å². The van der Waals surface area contributed by atoms with Crippen molar-refractivity contribution in [2.24, 2.45) is 0 Å². The maximum absolute atomic E-state index is 3.29. The molecular weight excluding hydrogens is 163 g/mol. The third-order valence-corrected chi connectivity index (χ3v) is 0. The van der Waals surface area contributed by atoms with Crippen LogP contribution < -0.4 is 0 Å². The summed E-state index contributed by atoms with van der Waals surface area (Å²) in [5.74, 6) is 0. The molecular formula is C3H8AgF. The minimum atomic E-state index is 0.